The van der Waals surface area contributed by atoms with Gasteiger partial charge in [-0.25, -0.2) is 4.98 Å². The molecule has 178 valence electrons. The molecule has 3 heterocycles. The minimum absolute atomic E-state index is 0.475. The number of aromatic nitrogens is 2. The molecule has 1 fully saturated rings. The Morgan fingerprint density at radius 3 is 2.62 bits per heavy atom. The summed E-state index contributed by atoms with van der Waals surface area (Å²) in [6, 6.07) is 8.06. The topological polar surface area (TPSA) is 106 Å². The van der Waals surface area contributed by atoms with Crippen LogP contribution in [0.1, 0.15) is 12.0 Å². The fraction of sp³-hybridized carbons (Fsp3) is 0.385. The van der Waals surface area contributed by atoms with E-state index in [0.717, 1.165) is 89.5 Å². The van der Waals surface area contributed by atoms with E-state index in [1.165, 1.54) is 0 Å². The first-order chi connectivity index (χ1) is 16.5. The lowest BCUT2D eigenvalue weighted by molar-refractivity contribution is 0.154. The summed E-state index contributed by atoms with van der Waals surface area (Å²) >= 11 is 0. The van der Waals surface area contributed by atoms with Crippen molar-refractivity contribution < 1.29 is 4.74 Å². The Morgan fingerprint density at radius 1 is 1.06 bits per heavy atom. The maximum absolute atomic E-state index is 6.41. The number of methoxy groups -OCH3 is 1. The standard InChI is InChI=1S/C26H33N7O/c1-16-21(29-7-4-8-33-11-9-32(2)10-12-33)6-5-17-24-18-13-23(34-3)20(27)14-22(18)30-15-19(24)26(28)31-25(16)17/h5-6,13-15,29H,4,7-12,27H2,1-3H3,(H2,28,31). The quantitative estimate of drug-likeness (QED) is 0.229. The molecule has 0 unspecified atom stereocenters. The highest BCUT2D eigenvalue weighted by Crippen LogP contribution is 2.38. The van der Waals surface area contributed by atoms with Gasteiger partial charge in [-0.15, -0.1) is 0 Å². The fourth-order valence-corrected chi connectivity index (χ4v) is 4.91. The van der Waals surface area contributed by atoms with E-state index in [9.17, 15) is 0 Å². The predicted octanol–water partition coefficient (Wildman–Crippen LogP) is 3.47. The van der Waals surface area contributed by atoms with Gasteiger partial charge in [0.2, 0.25) is 0 Å². The van der Waals surface area contributed by atoms with Crippen LogP contribution < -0.4 is 21.5 Å². The first kappa shape index (κ1) is 22.4. The van der Waals surface area contributed by atoms with Crippen LogP contribution in [0, 0.1) is 6.92 Å². The van der Waals surface area contributed by atoms with E-state index < -0.39 is 0 Å². The van der Waals surface area contributed by atoms with E-state index in [1.54, 1.807) is 13.3 Å². The molecule has 2 aromatic carbocycles. The summed E-state index contributed by atoms with van der Waals surface area (Å²) in [4.78, 5) is 14.3. The number of nitrogens with zero attached hydrogens (tertiary/aromatic N) is 4. The zero-order chi connectivity index (χ0) is 23.8. The molecule has 4 aromatic rings. The highest BCUT2D eigenvalue weighted by Gasteiger charge is 2.16. The van der Waals surface area contributed by atoms with Gasteiger partial charge in [0.25, 0.3) is 0 Å². The zero-order valence-corrected chi connectivity index (χ0v) is 20.2. The van der Waals surface area contributed by atoms with Gasteiger partial charge in [-0.2, -0.15) is 0 Å². The largest absolute Gasteiger partial charge is 0.495 e. The number of rotatable bonds is 6. The number of hydrogen-bond acceptors (Lipinski definition) is 8. The Bertz CT molecular complexity index is 1360. The molecule has 5 N–H and O–H groups in total. The predicted molar refractivity (Wildman–Crippen MR) is 142 cm³/mol. The number of ether oxygens (including phenoxy) is 1. The Labute approximate surface area is 199 Å². The number of nitrogens with one attached hydrogen (secondary N) is 1. The summed E-state index contributed by atoms with van der Waals surface area (Å²) in [6.45, 7) is 8.76. The maximum atomic E-state index is 6.41. The van der Waals surface area contributed by atoms with Crippen LogP contribution in [0.15, 0.2) is 30.5 Å². The lowest BCUT2D eigenvalue weighted by atomic mass is 9.99. The number of likely N-dealkylation sites (N-methyl/N-ethyl adjacent to an activating group) is 1. The summed E-state index contributed by atoms with van der Waals surface area (Å²) in [7, 11) is 3.81. The minimum Gasteiger partial charge on any atom is -0.495 e. The van der Waals surface area contributed by atoms with Crippen LogP contribution in [0.4, 0.5) is 17.2 Å². The van der Waals surface area contributed by atoms with Crippen LogP contribution in [0.5, 0.6) is 5.75 Å². The number of anilines is 3. The smallest absolute Gasteiger partial charge is 0.142 e. The average molecular weight is 460 g/mol. The molecule has 0 saturated carbocycles. The summed E-state index contributed by atoms with van der Waals surface area (Å²) < 4.78 is 5.48. The SMILES string of the molecule is COc1cc2c(cc1N)ncc1c(N)nc3c(C)c(NCCCN4CCN(C)CC4)ccc3c12. The van der Waals surface area contributed by atoms with Crippen molar-refractivity contribution in [2.24, 2.45) is 0 Å². The number of nitrogens with two attached hydrogens (primary N) is 2. The first-order valence-electron chi connectivity index (χ1n) is 11.9. The Balaban J connectivity index is 1.47. The lowest BCUT2D eigenvalue weighted by Gasteiger charge is -2.32. The molecule has 0 atom stereocenters. The fourth-order valence-electron chi connectivity index (χ4n) is 4.91. The van der Waals surface area contributed by atoms with Crippen molar-refractivity contribution >= 4 is 49.8 Å². The minimum atomic E-state index is 0.475. The van der Waals surface area contributed by atoms with Gasteiger partial charge in [-0.05, 0) is 50.7 Å². The van der Waals surface area contributed by atoms with Crippen molar-refractivity contribution in [1.82, 2.24) is 19.8 Å². The second kappa shape index (κ2) is 9.12. The Morgan fingerprint density at radius 2 is 1.85 bits per heavy atom. The van der Waals surface area contributed by atoms with Crippen LogP contribution in [0.3, 0.4) is 0 Å². The third-order valence-corrected chi connectivity index (χ3v) is 6.99. The number of aryl methyl sites for hydroxylation is 1. The molecule has 0 bridgehead atoms. The molecule has 0 radical (unpaired) electrons. The lowest BCUT2D eigenvalue weighted by Crippen LogP contribution is -2.44. The average Bonchev–Trinajstić information content (AvgIpc) is 2.84. The van der Waals surface area contributed by atoms with Crippen molar-refractivity contribution in [2.45, 2.75) is 13.3 Å². The van der Waals surface area contributed by atoms with Crippen LogP contribution in [0.25, 0.3) is 32.6 Å². The molecule has 1 aliphatic heterocycles. The Kier molecular flexibility index (Phi) is 6.02. The summed E-state index contributed by atoms with van der Waals surface area (Å²) in [5.74, 6) is 1.10. The van der Waals surface area contributed by atoms with Gasteiger partial charge >= 0.3 is 0 Å². The number of hydrogen-bond donors (Lipinski definition) is 3. The van der Waals surface area contributed by atoms with Crippen molar-refractivity contribution in [3.8, 4) is 5.75 Å². The van der Waals surface area contributed by atoms with Gasteiger partial charge in [-0.1, -0.05) is 6.07 Å². The van der Waals surface area contributed by atoms with Crippen molar-refractivity contribution in [1.29, 1.82) is 0 Å². The third kappa shape index (κ3) is 4.03. The second-order valence-corrected chi connectivity index (χ2v) is 9.21. The highest BCUT2D eigenvalue weighted by atomic mass is 16.5. The maximum Gasteiger partial charge on any atom is 0.142 e. The van der Waals surface area contributed by atoms with Crippen molar-refractivity contribution in [2.75, 3.05) is 70.2 Å². The summed E-state index contributed by atoms with van der Waals surface area (Å²) in [6.07, 6.45) is 2.89. The molecule has 8 heteroatoms. The van der Waals surface area contributed by atoms with Gasteiger partial charge in [0.05, 0.1) is 23.8 Å². The van der Waals surface area contributed by atoms with E-state index in [-0.39, 0.29) is 0 Å². The van der Waals surface area contributed by atoms with Crippen LogP contribution in [-0.4, -0.2) is 73.2 Å². The van der Waals surface area contributed by atoms with Crippen LogP contribution in [-0.2, 0) is 0 Å². The summed E-state index contributed by atoms with van der Waals surface area (Å²) in [5, 5.41) is 7.47. The second-order valence-electron chi connectivity index (χ2n) is 9.21. The molecular weight excluding hydrogens is 426 g/mol. The van der Waals surface area contributed by atoms with Gasteiger partial charge in [-0.3, -0.25) is 4.98 Å². The van der Waals surface area contributed by atoms with E-state index in [0.29, 0.717) is 17.3 Å². The molecule has 1 aliphatic rings. The van der Waals surface area contributed by atoms with Crippen LogP contribution in [0.2, 0.25) is 0 Å². The number of benzene rings is 2. The van der Waals surface area contributed by atoms with Crippen LogP contribution >= 0.6 is 0 Å². The monoisotopic (exact) mass is 459 g/mol. The van der Waals surface area contributed by atoms with E-state index in [2.05, 4.69) is 46.2 Å². The molecule has 34 heavy (non-hydrogen) atoms. The van der Waals surface area contributed by atoms with Gasteiger partial charge in [0.15, 0.2) is 0 Å². The Hall–Kier alpha value is -3.36. The van der Waals surface area contributed by atoms with E-state index in [4.69, 9.17) is 21.2 Å². The van der Waals surface area contributed by atoms with E-state index in [1.807, 2.05) is 12.1 Å². The van der Waals surface area contributed by atoms with Crippen molar-refractivity contribution in [3.05, 3.63) is 36.0 Å². The van der Waals surface area contributed by atoms with Gasteiger partial charge < -0.3 is 31.3 Å². The number of nitrogen functional groups attached to an aromatic ring is 2. The van der Waals surface area contributed by atoms with Gasteiger partial charge in [0, 0.05) is 66.2 Å². The number of piperazine rings is 1. The number of fused-ring (bicyclic) bond motifs is 5. The van der Waals surface area contributed by atoms with E-state index >= 15 is 0 Å². The molecule has 8 nitrogen and oxygen atoms in total. The first-order valence-corrected chi connectivity index (χ1v) is 11.9. The highest BCUT2D eigenvalue weighted by molar-refractivity contribution is 6.22. The molecule has 0 aliphatic carbocycles. The third-order valence-electron chi connectivity index (χ3n) is 6.99. The number of pyridine rings is 2. The van der Waals surface area contributed by atoms with Crippen molar-refractivity contribution in [3.63, 3.8) is 0 Å². The zero-order valence-electron chi connectivity index (χ0n) is 20.2. The molecule has 0 amide bonds. The molecule has 0 spiro atoms. The van der Waals surface area contributed by atoms with Gasteiger partial charge in [0.1, 0.15) is 11.6 Å². The normalized spacial score (nSPS) is 15.4. The molecule has 5 rings (SSSR count). The molecule has 1 saturated heterocycles. The summed E-state index contributed by atoms with van der Waals surface area (Å²) in [5.41, 5.74) is 17.0. The molecular formula is C26H33N7O. The molecule has 2 aromatic heterocycles.